The van der Waals surface area contributed by atoms with Gasteiger partial charge in [0, 0.05) is 12.5 Å². The Morgan fingerprint density at radius 2 is 2.16 bits per heavy atom. The Hall–Kier alpha value is -1.53. The van der Waals surface area contributed by atoms with Gasteiger partial charge in [-0.3, -0.25) is 0 Å². The Kier molecular flexibility index (Phi) is 4.44. The first-order valence-corrected chi connectivity index (χ1v) is 6.37. The molecule has 0 spiro atoms. The zero-order chi connectivity index (χ0) is 13.8. The summed E-state index contributed by atoms with van der Waals surface area (Å²) in [5.74, 6) is 0.0614. The molecule has 2 rings (SSSR count). The van der Waals surface area contributed by atoms with Crippen LogP contribution in [0.4, 0.5) is 4.39 Å². The number of aliphatic hydroxyl groups is 1. The number of hydrogen-bond acceptors (Lipinski definition) is 4. The van der Waals surface area contributed by atoms with Crippen LogP contribution in [0.1, 0.15) is 17.4 Å². The molecule has 0 aliphatic carbocycles. The number of ether oxygens (including phenoxy) is 1. The van der Waals surface area contributed by atoms with Crippen LogP contribution in [0.3, 0.4) is 0 Å². The van der Waals surface area contributed by atoms with Gasteiger partial charge in [-0.15, -0.1) is 0 Å². The lowest BCUT2D eigenvalue weighted by atomic mass is 10.1. The minimum atomic E-state index is -0.797. The molecule has 1 unspecified atom stereocenters. The molecule has 6 heteroatoms. The first kappa shape index (κ1) is 13.9. The van der Waals surface area contributed by atoms with Gasteiger partial charge in [0.1, 0.15) is 18.2 Å². The van der Waals surface area contributed by atoms with Gasteiger partial charge in [-0.25, -0.2) is 14.4 Å². The average Bonchev–Trinajstić information content (AvgIpc) is 2.43. The van der Waals surface area contributed by atoms with Gasteiger partial charge in [-0.05, 0) is 33.6 Å². The van der Waals surface area contributed by atoms with Gasteiger partial charge in [0.2, 0.25) is 5.88 Å². The van der Waals surface area contributed by atoms with Gasteiger partial charge < -0.3 is 9.84 Å². The van der Waals surface area contributed by atoms with E-state index in [4.69, 9.17) is 4.74 Å². The summed E-state index contributed by atoms with van der Waals surface area (Å²) in [6, 6.07) is 6.19. The van der Waals surface area contributed by atoms with E-state index in [9.17, 15) is 9.50 Å². The van der Waals surface area contributed by atoms with Crippen LogP contribution >= 0.6 is 15.9 Å². The lowest BCUT2D eigenvalue weighted by molar-refractivity contribution is 0.172. The fourth-order valence-corrected chi connectivity index (χ4v) is 2.07. The second-order valence-corrected chi connectivity index (χ2v) is 4.81. The normalized spacial score (nSPS) is 12.2. The fraction of sp³-hybridized carbons (Fsp3) is 0.231. The molecule has 0 aliphatic rings. The van der Waals surface area contributed by atoms with Crippen LogP contribution in [-0.4, -0.2) is 22.2 Å². The summed E-state index contributed by atoms with van der Waals surface area (Å²) < 4.78 is 18.5. The minimum Gasteiger partial charge on any atom is -0.481 e. The number of aromatic nitrogens is 2. The van der Waals surface area contributed by atoms with Crippen molar-refractivity contribution in [3.05, 3.63) is 52.1 Å². The Morgan fingerprint density at radius 1 is 1.37 bits per heavy atom. The van der Waals surface area contributed by atoms with Crippen molar-refractivity contribution in [2.45, 2.75) is 12.5 Å². The summed E-state index contributed by atoms with van der Waals surface area (Å²) in [6.07, 6.45) is 0.867. The molecule has 100 valence electrons. The van der Waals surface area contributed by atoms with Crippen molar-refractivity contribution >= 4 is 15.9 Å². The van der Waals surface area contributed by atoms with Crippen molar-refractivity contribution in [1.29, 1.82) is 0 Å². The molecule has 0 saturated carbocycles. The largest absolute Gasteiger partial charge is 0.481 e. The molecule has 0 radical (unpaired) electrons. The molecular weight excluding hydrogens is 315 g/mol. The van der Waals surface area contributed by atoms with Crippen LogP contribution in [0, 0.1) is 5.82 Å². The Bertz CT molecular complexity index is 580. The third-order valence-corrected chi connectivity index (χ3v) is 3.23. The fourth-order valence-electron chi connectivity index (χ4n) is 1.64. The van der Waals surface area contributed by atoms with Gasteiger partial charge >= 0.3 is 0 Å². The number of hydrogen-bond donors (Lipinski definition) is 1. The minimum absolute atomic E-state index is 0.332. The van der Waals surface area contributed by atoms with E-state index < -0.39 is 6.10 Å². The smallest absolute Gasteiger partial charge is 0.216 e. The van der Waals surface area contributed by atoms with Crippen LogP contribution in [0.5, 0.6) is 5.88 Å². The molecule has 1 N–H and O–H groups in total. The van der Waals surface area contributed by atoms with Gasteiger partial charge in [-0.1, -0.05) is 6.07 Å². The number of benzene rings is 1. The molecule has 1 atom stereocenters. The highest BCUT2D eigenvalue weighted by atomic mass is 79.9. The summed E-state index contributed by atoms with van der Waals surface area (Å²) in [6.45, 7) is 0. The Balaban J connectivity index is 2.15. The van der Waals surface area contributed by atoms with Crippen molar-refractivity contribution in [3.63, 3.8) is 0 Å². The zero-order valence-corrected chi connectivity index (χ0v) is 11.8. The van der Waals surface area contributed by atoms with E-state index in [0.29, 0.717) is 22.5 Å². The first-order valence-electron chi connectivity index (χ1n) is 5.58. The SMILES string of the molecule is COc1cc(C(O)Cc2ccc(F)c(Br)c2)ncn1. The Labute approximate surface area is 118 Å². The Morgan fingerprint density at radius 3 is 2.84 bits per heavy atom. The van der Waals surface area contributed by atoms with E-state index in [1.807, 2.05) is 0 Å². The van der Waals surface area contributed by atoms with Crippen LogP contribution in [0.2, 0.25) is 0 Å². The number of nitrogens with zero attached hydrogens (tertiary/aromatic N) is 2. The van der Waals surface area contributed by atoms with E-state index in [2.05, 4.69) is 25.9 Å². The number of aliphatic hydroxyl groups excluding tert-OH is 1. The van der Waals surface area contributed by atoms with Crippen molar-refractivity contribution in [2.24, 2.45) is 0 Å². The van der Waals surface area contributed by atoms with Crippen LogP contribution in [0.25, 0.3) is 0 Å². The summed E-state index contributed by atoms with van der Waals surface area (Å²) in [7, 11) is 1.50. The van der Waals surface area contributed by atoms with E-state index >= 15 is 0 Å². The molecule has 1 aromatic heterocycles. The van der Waals surface area contributed by atoms with Crippen molar-refractivity contribution in [3.8, 4) is 5.88 Å². The lowest BCUT2D eigenvalue weighted by Crippen LogP contribution is -2.05. The summed E-state index contributed by atoms with van der Waals surface area (Å²) in [5.41, 5.74) is 1.27. The van der Waals surface area contributed by atoms with Crippen molar-refractivity contribution in [2.75, 3.05) is 7.11 Å². The molecule has 0 fully saturated rings. The predicted molar refractivity (Wildman–Crippen MR) is 71.3 cm³/mol. The lowest BCUT2D eigenvalue weighted by Gasteiger charge is -2.11. The molecule has 1 aromatic carbocycles. The maximum Gasteiger partial charge on any atom is 0.216 e. The summed E-state index contributed by atoms with van der Waals surface area (Å²) in [4.78, 5) is 7.87. The number of rotatable bonds is 4. The third kappa shape index (κ3) is 3.48. The molecule has 0 saturated heterocycles. The maximum atomic E-state index is 13.1. The van der Waals surface area contributed by atoms with Gasteiger partial charge in [0.05, 0.1) is 17.3 Å². The molecule has 19 heavy (non-hydrogen) atoms. The molecule has 0 aliphatic heterocycles. The highest BCUT2D eigenvalue weighted by Crippen LogP contribution is 2.22. The van der Waals surface area contributed by atoms with Gasteiger partial charge in [-0.2, -0.15) is 0 Å². The highest BCUT2D eigenvalue weighted by Gasteiger charge is 2.12. The molecule has 0 amide bonds. The quantitative estimate of drug-likeness (QED) is 0.938. The maximum absolute atomic E-state index is 13.1. The zero-order valence-electron chi connectivity index (χ0n) is 10.2. The average molecular weight is 327 g/mol. The predicted octanol–water partition coefficient (Wildman–Crippen LogP) is 2.66. The van der Waals surface area contributed by atoms with Crippen LogP contribution in [0.15, 0.2) is 35.1 Å². The van der Waals surface area contributed by atoms with E-state index in [1.165, 1.54) is 19.5 Å². The summed E-state index contributed by atoms with van der Waals surface area (Å²) >= 11 is 3.11. The molecule has 1 heterocycles. The molecular formula is C13H12BrFN2O2. The van der Waals surface area contributed by atoms with Gasteiger partial charge in [0.25, 0.3) is 0 Å². The highest BCUT2D eigenvalue weighted by molar-refractivity contribution is 9.10. The van der Waals surface area contributed by atoms with Crippen molar-refractivity contribution in [1.82, 2.24) is 9.97 Å². The van der Waals surface area contributed by atoms with Gasteiger partial charge in [0.15, 0.2) is 0 Å². The molecule has 2 aromatic rings. The third-order valence-electron chi connectivity index (χ3n) is 2.63. The first-order chi connectivity index (χ1) is 9.10. The van der Waals surface area contributed by atoms with E-state index in [1.54, 1.807) is 18.2 Å². The standard InChI is InChI=1S/C13H12BrFN2O2/c1-19-13-6-11(16-7-17-13)12(18)5-8-2-3-10(15)9(14)4-8/h2-4,6-7,12,18H,5H2,1H3. The van der Waals surface area contributed by atoms with E-state index in [0.717, 1.165) is 5.56 Å². The number of methoxy groups -OCH3 is 1. The number of halogens is 2. The van der Waals surface area contributed by atoms with Crippen molar-refractivity contribution < 1.29 is 14.2 Å². The molecule has 4 nitrogen and oxygen atoms in total. The second-order valence-electron chi connectivity index (χ2n) is 3.95. The monoisotopic (exact) mass is 326 g/mol. The van der Waals surface area contributed by atoms with Crippen LogP contribution in [-0.2, 0) is 6.42 Å². The topological polar surface area (TPSA) is 55.2 Å². The second kappa shape index (κ2) is 6.08. The van der Waals surface area contributed by atoms with Crippen LogP contribution < -0.4 is 4.74 Å². The van der Waals surface area contributed by atoms with E-state index in [-0.39, 0.29) is 5.82 Å². The molecule has 0 bridgehead atoms. The summed E-state index contributed by atoms with van der Waals surface area (Å²) in [5, 5.41) is 10.1.